The van der Waals surface area contributed by atoms with Crippen molar-refractivity contribution in [2.45, 2.75) is 6.43 Å². The third-order valence-corrected chi connectivity index (χ3v) is 1.37. The molecule has 0 bridgehead atoms. The smallest absolute Gasteiger partial charge is 0.296 e. The molecule has 1 rings (SSSR count). The first kappa shape index (κ1) is 9.30. The summed E-state index contributed by atoms with van der Waals surface area (Å²) in [5.74, 6) is -0.166. The van der Waals surface area contributed by atoms with Gasteiger partial charge in [-0.2, -0.15) is 0 Å². The zero-order valence-electron chi connectivity index (χ0n) is 6.28. The van der Waals surface area contributed by atoms with Gasteiger partial charge in [-0.15, -0.1) is 0 Å². The fourth-order valence-corrected chi connectivity index (χ4v) is 0.808. The van der Waals surface area contributed by atoms with Crippen LogP contribution in [0.4, 0.5) is 20.3 Å². The zero-order valence-corrected chi connectivity index (χ0v) is 6.28. The minimum Gasteiger partial charge on any atom is -0.384 e. The van der Waals surface area contributed by atoms with Gasteiger partial charge in [0.15, 0.2) is 0 Å². The minimum absolute atomic E-state index is 0.166. The van der Waals surface area contributed by atoms with E-state index in [2.05, 4.69) is 4.98 Å². The molecular formula is C6H5F2N3O2. The van der Waals surface area contributed by atoms with Gasteiger partial charge in [0, 0.05) is 0 Å². The maximum atomic E-state index is 12.2. The Bertz CT molecular complexity index is 343. The molecule has 70 valence electrons. The van der Waals surface area contributed by atoms with E-state index >= 15 is 0 Å². The molecule has 2 N–H and O–H groups in total. The second kappa shape index (κ2) is 3.30. The molecule has 0 aliphatic heterocycles. The summed E-state index contributed by atoms with van der Waals surface area (Å²) in [7, 11) is 0. The van der Waals surface area contributed by atoms with Gasteiger partial charge in [0.1, 0.15) is 17.6 Å². The van der Waals surface area contributed by atoms with Crippen molar-refractivity contribution < 1.29 is 13.7 Å². The highest BCUT2D eigenvalue weighted by molar-refractivity contribution is 5.45. The number of anilines is 1. The molecule has 0 spiro atoms. The van der Waals surface area contributed by atoms with Crippen molar-refractivity contribution in [1.82, 2.24) is 4.98 Å². The lowest BCUT2D eigenvalue weighted by Crippen LogP contribution is -1.99. The second-order valence-corrected chi connectivity index (χ2v) is 2.23. The lowest BCUT2D eigenvalue weighted by Gasteiger charge is -2.01. The summed E-state index contributed by atoms with van der Waals surface area (Å²) >= 11 is 0. The number of rotatable bonds is 2. The number of pyridine rings is 1. The number of nitrogens with two attached hydrogens (primary N) is 1. The molecule has 7 heteroatoms. The Morgan fingerprint density at radius 1 is 1.62 bits per heavy atom. The third-order valence-electron chi connectivity index (χ3n) is 1.37. The van der Waals surface area contributed by atoms with Gasteiger partial charge < -0.3 is 5.73 Å². The van der Waals surface area contributed by atoms with E-state index in [0.29, 0.717) is 0 Å². The van der Waals surface area contributed by atoms with Crippen molar-refractivity contribution in [2.75, 3.05) is 5.73 Å². The fourth-order valence-electron chi connectivity index (χ4n) is 0.808. The van der Waals surface area contributed by atoms with Crippen LogP contribution in [0, 0.1) is 10.1 Å². The van der Waals surface area contributed by atoms with Crippen LogP contribution in [-0.4, -0.2) is 9.91 Å². The number of hydrogen-bond donors (Lipinski definition) is 1. The van der Waals surface area contributed by atoms with Gasteiger partial charge in [-0.25, -0.2) is 13.8 Å². The zero-order chi connectivity index (χ0) is 10.0. The number of nitrogens with zero attached hydrogens (tertiary/aromatic N) is 2. The number of nitrogen functional groups attached to an aromatic ring is 1. The van der Waals surface area contributed by atoms with E-state index in [1.807, 2.05) is 0 Å². The molecule has 0 amide bonds. The van der Waals surface area contributed by atoms with Gasteiger partial charge in [0.25, 0.3) is 12.1 Å². The molecule has 1 aromatic heterocycles. The molecule has 0 fully saturated rings. The summed E-state index contributed by atoms with van der Waals surface area (Å²) in [5.41, 5.74) is 3.67. The van der Waals surface area contributed by atoms with Gasteiger partial charge in [-0.3, -0.25) is 10.1 Å². The standard InChI is InChI=1S/C6H5F2N3O2/c7-6(8)3-1-5(9)10-2-4(3)11(12)13/h1-2,6H,(H2,9,10). The summed E-state index contributed by atoms with van der Waals surface area (Å²) in [4.78, 5) is 12.7. The van der Waals surface area contributed by atoms with E-state index in [0.717, 1.165) is 12.3 Å². The minimum atomic E-state index is -2.93. The maximum absolute atomic E-state index is 12.2. The van der Waals surface area contributed by atoms with Crippen molar-refractivity contribution in [3.63, 3.8) is 0 Å². The normalized spacial score (nSPS) is 10.4. The quantitative estimate of drug-likeness (QED) is 0.564. The van der Waals surface area contributed by atoms with Crippen LogP contribution in [0.1, 0.15) is 12.0 Å². The van der Waals surface area contributed by atoms with E-state index < -0.39 is 22.6 Å². The van der Waals surface area contributed by atoms with E-state index in [1.165, 1.54) is 0 Å². The van der Waals surface area contributed by atoms with Gasteiger partial charge in [-0.05, 0) is 6.07 Å². The molecule has 0 aliphatic carbocycles. The average Bonchev–Trinajstić information content (AvgIpc) is 2.03. The molecule has 5 nitrogen and oxygen atoms in total. The second-order valence-electron chi connectivity index (χ2n) is 2.23. The molecule has 0 saturated carbocycles. The SMILES string of the molecule is Nc1cc(C(F)F)c([N+](=O)[O-])cn1. The lowest BCUT2D eigenvalue weighted by molar-refractivity contribution is -0.386. The summed E-state index contributed by atoms with van der Waals surface area (Å²) < 4.78 is 24.4. The van der Waals surface area contributed by atoms with Gasteiger partial charge in [0.05, 0.1) is 4.92 Å². The molecule has 0 saturated heterocycles. The molecule has 0 aromatic carbocycles. The summed E-state index contributed by atoms with van der Waals surface area (Å²) in [6.45, 7) is 0. The van der Waals surface area contributed by atoms with E-state index in [4.69, 9.17) is 5.73 Å². The van der Waals surface area contributed by atoms with Crippen molar-refractivity contribution in [2.24, 2.45) is 0 Å². The number of nitro groups is 1. The van der Waals surface area contributed by atoms with E-state index in [9.17, 15) is 18.9 Å². The lowest BCUT2D eigenvalue weighted by atomic mass is 10.2. The highest BCUT2D eigenvalue weighted by Gasteiger charge is 2.21. The highest BCUT2D eigenvalue weighted by atomic mass is 19.3. The van der Waals surface area contributed by atoms with E-state index in [1.54, 1.807) is 0 Å². The number of halogens is 2. The maximum Gasteiger partial charge on any atom is 0.296 e. The van der Waals surface area contributed by atoms with Crippen LogP contribution in [0.15, 0.2) is 12.3 Å². The highest BCUT2D eigenvalue weighted by Crippen LogP contribution is 2.28. The Balaban J connectivity index is 3.26. The molecule has 0 atom stereocenters. The topological polar surface area (TPSA) is 82.0 Å². The molecule has 1 aromatic rings. The van der Waals surface area contributed by atoms with Gasteiger partial charge in [-0.1, -0.05) is 0 Å². The Kier molecular flexibility index (Phi) is 2.36. The van der Waals surface area contributed by atoms with Crippen LogP contribution in [0.25, 0.3) is 0 Å². The number of aromatic nitrogens is 1. The van der Waals surface area contributed by atoms with Crippen LogP contribution in [0.5, 0.6) is 0 Å². The molecule has 0 unspecified atom stereocenters. The van der Waals surface area contributed by atoms with Crippen molar-refractivity contribution in [3.8, 4) is 0 Å². The number of alkyl halides is 2. The van der Waals surface area contributed by atoms with Crippen LogP contribution in [0.3, 0.4) is 0 Å². The van der Waals surface area contributed by atoms with Gasteiger partial charge in [0.2, 0.25) is 0 Å². The Morgan fingerprint density at radius 3 is 2.69 bits per heavy atom. The molecule has 0 aliphatic rings. The van der Waals surface area contributed by atoms with Crippen LogP contribution in [0.2, 0.25) is 0 Å². The molecule has 1 heterocycles. The van der Waals surface area contributed by atoms with Crippen molar-refractivity contribution in [3.05, 3.63) is 27.9 Å². The largest absolute Gasteiger partial charge is 0.384 e. The Morgan fingerprint density at radius 2 is 2.23 bits per heavy atom. The van der Waals surface area contributed by atoms with Crippen molar-refractivity contribution >= 4 is 11.5 Å². The molecule has 13 heavy (non-hydrogen) atoms. The molecule has 0 radical (unpaired) electrons. The van der Waals surface area contributed by atoms with Gasteiger partial charge >= 0.3 is 0 Å². The van der Waals surface area contributed by atoms with E-state index in [-0.39, 0.29) is 5.82 Å². The van der Waals surface area contributed by atoms with Crippen LogP contribution in [-0.2, 0) is 0 Å². The third kappa shape index (κ3) is 1.86. The first-order chi connectivity index (χ1) is 6.02. The predicted octanol–water partition coefficient (Wildman–Crippen LogP) is 1.51. The first-order valence-electron chi connectivity index (χ1n) is 3.20. The van der Waals surface area contributed by atoms with Crippen LogP contribution < -0.4 is 5.73 Å². The Hall–Kier alpha value is -1.79. The van der Waals surface area contributed by atoms with Crippen LogP contribution >= 0.6 is 0 Å². The predicted molar refractivity (Wildman–Crippen MR) is 40.3 cm³/mol. The average molecular weight is 189 g/mol. The molecular weight excluding hydrogens is 184 g/mol. The summed E-state index contributed by atoms with van der Waals surface area (Å²) in [6, 6.07) is 0.794. The first-order valence-corrected chi connectivity index (χ1v) is 3.20. The number of hydrogen-bond acceptors (Lipinski definition) is 4. The summed E-state index contributed by atoms with van der Waals surface area (Å²) in [6.07, 6.45) is -2.21. The monoisotopic (exact) mass is 189 g/mol. The fraction of sp³-hybridized carbons (Fsp3) is 0.167. The summed E-state index contributed by atoms with van der Waals surface area (Å²) in [5, 5.41) is 10.2. The Labute approximate surface area is 71.3 Å². The van der Waals surface area contributed by atoms with Crippen molar-refractivity contribution in [1.29, 1.82) is 0 Å².